The van der Waals surface area contributed by atoms with E-state index in [0.717, 1.165) is 37.1 Å². The molecular weight excluding hydrogens is 843 g/mol. The second-order valence-electron chi connectivity index (χ2n) is 19.4. The summed E-state index contributed by atoms with van der Waals surface area (Å²) in [5, 5.41) is 11.7. The van der Waals surface area contributed by atoms with Crippen LogP contribution in [0.5, 0.6) is 0 Å². The van der Waals surface area contributed by atoms with E-state index in [4.69, 9.17) is 0 Å². The Morgan fingerprint density at radius 3 is 1.34 bits per heavy atom. The lowest BCUT2D eigenvalue weighted by molar-refractivity contribution is 0.794. The van der Waals surface area contributed by atoms with Crippen LogP contribution in [-0.4, -0.2) is 0 Å². The van der Waals surface area contributed by atoms with Crippen molar-refractivity contribution in [3.63, 3.8) is 0 Å². The molecule has 0 amide bonds. The molecule has 4 aliphatic rings. The van der Waals surface area contributed by atoms with Crippen LogP contribution in [0.25, 0.3) is 89.0 Å². The van der Waals surface area contributed by atoms with Crippen molar-refractivity contribution in [1.82, 2.24) is 0 Å². The van der Waals surface area contributed by atoms with Gasteiger partial charge < -0.3 is 5.32 Å². The van der Waals surface area contributed by atoms with Crippen molar-refractivity contribution in [2.45, 2.75) is 31.1 Å². The smallest absolute Gasteiger partial charge is 0.0726 e. The lowest BCUT2D eigenvalue weighted by Crippen LogP contribution is -2.25. The SMILES string of the molecule is C1=Cc2c(c3c(c4cc(Nc5ccc6c(c5)C5(c7ccccc7-c7ccccc75)c5ccccc5-6)ccc24)C=CCC3)CC1.c1cc(-c2ccc3ccccc3c2)cc(-c2ccc3ccccc3c2)c1. The van der Waals surface area contributed by atoms with Gasteiger partial charge in [-0.1, -0.05) is 200 Å². The second-order valence-corrected chi connectivity index (χ2v) is 19.4. The van der Waals surface area contributed by atoms with Crippen LogP contribution in [0, 0.1) is 0 Å². The molecule has 11 aromatic rings. The Kier molecular flexibility index (Phi) is 9.46. The zero-order valence-electron chi connectivity index (χ0n) is 38.9. The van der Waals surface area contributed by atoms with Gasteiger partial charge in [0.15, 0.2) is 0 Å². The van der Waals surface area contributed by atoms with Gasteiger partial charge >= 0.3 is 0 Å². The van der Waals surface area contributed by atoms with E-state index >= 15 is 0 Å². The number of benzene rings is 11. The lowest BCUT2D eigenvalue weighted by atomic mass is 9.70. The molecule has 1 N–H and O–H groups in total. The summed E-state index contributed by atoms with van der Waals surface area (Å²) >= 11 is 0. The van der Waals surface area contributed by atoms with Gasteiger partial charge in [0.25, 0.3) is 0 Å². The number of allylic oxidation sites excluding steroid dienone is 2. The average molecular weight is 892 g/mol. The lowest BCUT2D eigenvalue weighted by Gasteiger charge is -2.30. The molecule has 0 heterocycles. The highest BCUT2D eigenvalue weighted by atomic mass is 14.9. The fraction of sp³-hybridized carbons (Fsp3) is 0.0725. The average Bonchev–Trinajstić information content (AvgIpc) is 3.91. The van der Waals surface area contributed by atoms with Crippen molar-refractivity contribution < 1.29 is 0 Å². The summed E-state index contributed by atoms with van der Waals surface area (Å²) in [7, 11) is 0. The maximum Gasteiger partial charge on any atom is 0.0726 e. The molecule has 0 bridgehead atoms. The number of fused-ring (bicyclic) bond motifs is 18. The van der Waals surface area contributed by atoms with Crippen LogP contribution < -0.4 is 5.32 Å². The molecule has 0 unspecified atom stereocenters. The minimum Gasteiger partial charge on any atom is -0.355 e. The summed E-state index contributed by atoms with van der Waals surface area (Å²) in [6.45, 7) is 0. The standard InChI is InChI=1S/C43H31N.C26H18/c1-2-13-31-29(11-1)30-12-3-4-14-32(30)38-25-27(21-23-33(31)38)44-28-22-24-37-36-17-7-10-20-41(36)43(42(37)26-28)39-18-8-5-15-34(39)35-16-6-9-19-40(35)43;1-3-8-21-16-25(14-12-19(21)6-1)23-10-5-11-24(18-23)26-15-13-20-7-2-4-9-22(20)17-26/h2,4-10,13-26,44H,1,3,11-12H2;1-18H. The van der Waals surface area contributed by atoms with Crippen LogP contribution in [0.3, 0.4) is 0 Å². The first kappa shape index (κ1) is 40.5. The Balaban J connectivity index is 0.000000151. The third-order valence-electron chi connectivity index (χ3n) is 15.6. The molecule has 0 aliphatic heterocycles. The zero-order valence-corrected chi connectivity index (χ0v) is 38.9. The fourth-order valence-corrected chi connectivity index (χ4v) is 12.5. The Bertz CT molecular complexity index is 3840. The molecule has 330 valence electrons. The van der Waals surface area contributed by atoms with E-state index < -0.39 is 0 Å². The molecule has 0 saturated carbocycles. The predicted octanol–water partition coefficient (Wildman–Crippen LogP) is 18.2. The van der Waals surface area contributed by atoms with E-state index in [-0.39, 0.29) is 5.41 Å². The fourth-order valence-electron chi connectivity index (χ4n) is 12.5. The Morgan fingerprint density at radius 2 is 0.771 bits per heavy atom. The Hall–Kier alpha value is -8.52. The number of hydrogen-bond donors (Lipinski definition) is 1. The normalized spacial score (nSPS) is 14.1. The molecule has 4 aliphatic carbocycles. The second kappa shape index (κ2) is 16.3. The quantitative estimate of drug-likeness (QED) is 0.186. The molecule has 0 aromatic heterocycles. The van der Waals surface area contributed by atoms with E-state index in [1.165, 1.54) is 110 Å². The first-order valence-electron chi connectivity index (χ1n) is 24.9. The van der Waals surface area contributed by atoms with Crippen molar-refractivity contribution >= 4 is 55.8 Å². The van der Waals surface area contributed by atoms with Crippen LogP contribution in [0.2, 0.25) is 0 Å². The zero-order chi connectivity index (χ0) is 46.2. The van der Waals surface area contributed by atoms with Gasteiger partial charge in [0.2, 0.25) is 0 Å². The number of hydrogen-bond acceptors (Lipinski definition) is 1. The third kappa shape index (κ3) is 6.39. The first-order chi connectivity index (χ1) is 34.7. The molecule has 70 heavy (non-hydrogen) atoms. The summed E-state index contributed by atoms with van der Waals surface area (Å²) in [6.07, 6.45) is 14.0. The van der Waals surface area contributed by atoms with E-state index in [2.05, 4.69) is 248 Å². The van der Waals surface area contributed by atoms with Gasteiger partial charge in [-0.05, 0) is 189 Å². The van der Waals surface area contributed by atoms with E-state index in [1.54, 1.807) is 11.1 Å². The maximum atomic E-state index is 3.85. The molecule has 1 heteroatoms. The Labute approximate surface area is 409 Å². The van der Waals surface area contributed by atoms with Gasteiger partial charge in [-0.15, -0.1) is 0 Å². The van der Waals surface area contributed by atoms with Gasteiger partial charge in [-0.25, -0.2) is 0 Å². The molecule has 1 spiro atoms. The predicted molar refractivity (Wildman–Crippen MR) is 297 cm³/mol. The monoisotopic (exact) mass is 891 g/mol. The van der Waals surface area contributed by atoms with Crippen LogP contribution in [0.4, 0.5) is 11.4 Å². The van der Waals surface area contributed by atoms with Crippen molar-refractivity contribution in [3.8, 4) is 44.5 Å². The summed E-state index contributed by atoms with van der Waals surface area (Å²) in [5.74, 6) is 0. The number of rotatable bonds is 4. The molecular formula is C69H49N. The highest BCUT2D eigenvalue weighted by Gasteiger charge is 2.51. The van der Waals surface area contributed by atoms with Gasteiger partial charge in [0.05, 0.1) is 5.41 Å². The summed E-state index contributed by atoms with van der Waals surface area (Å²) < 4.78 is 0. The number of anilines is 2. The minimum absolute atomic E-state index is 0.324. The van der Waals surface area contributed by atoms with Gasteiger partial charge in [0, 0.05) is 11.4 Å². The summed E-state index contributed by atoms with van der Waals surface area (Å²) in [4.78, 5) is 0. The molecule has 15 rings (SSSR count). The van der Waals surface area contributed by atoms with Crippen molar-refractivity contribution in [3.05, 3.63) is 275 Å². The largest absolute Gasteiger partial charge is 0.355 e. The molecule has 0 atom stereocenters. The van der Waals surface area contributed by atoms with Gasteiger partial charge in [-0.3, -0.25) is 0 Å². The van der Waals surface area contributed by atoms with Crippen molar-refractivity contribution in [2.75, 3.05) is 5.32 Å². The van der Waals surface area contributed by atoms with Crippen LogP contribution >= 0.6 is 0 Å². The summed E-state index contributed by atoms with van der Waals surface area (Å²) in [6, 6.07) is 80.3. The Morgan fingerprint density at radius 1 is 0.314 bits per heavy atom. The third-order valence-corrected chi connectivity index (χ3v) is 15.6. The highest BCUT2D eigenvalue weighted by Crippen LogP contribution is 2.63. The maximum absolute atomic E-state index is 3.85. The first-order valence-corrected chi connectivity index (χ1v) is 24.9. The molecule has 0 saturated heterocycles. The number of nitrogens with one attached hydrogen (secondary N) is 1. The van der Waals surface area contributed by atoms with Gasteiger partial charge in [0.1, 0.15) is 0 Å². The van der Waals surface area contributed by atoms with E-state index in [9.17, 15) is 0 Å². The summed E-state index contributed by atoms with van der Waals surface area (Å²) in [5.41, 5.74) is 23.8. The molecule has 11 aromatic carbocycles. The van der Waals surface area contributed by atoms with Crippen molar-refractivity contribution in [2.24, 2.45) is 0 Å². The molecule has 1 nitrogen and oxygen atoms in total. The topological polar surface area (TPSA) is 12.0 Å². The van der Waals surface area contributed by atoms with Crippen LogP contribution in [-0.2, 0) is 18.3 Å². The van der Waals surface area contributed by atoms with E-state index in [1.807, 2.05) is 0 Å². The van der Waals surface area contributed by atoms with E-state index in [0.29, 0.717) is 0 Å². The van der Waals surface area contributed by atoms with Gasteiger partial charge in [-0.2, -0.15) is 0 Å². The highest BCUT2D eigenvalue weighted by molar-refractivity contribution is 6.02. The van der Waals surface area contributed by atoms with Crippen molar-refractivity contribution in [1.29, 1.82) is 0 Å². The molecule has 0 fully saturated rings. The van der Waals surface area contributed by atoms with Crippen LogP contribution in [0.15, 0.2) is 231 Å². The van der Waals surface area contributed by atoms with Crippen LogP contribution in [0.1, 0.15) is 57.3 Å². The molecule has 0 radical (unpaired) electrons. The minimum atomic E-state index is -0.324.